The monoisotopic (exact) mass is 422 g/mol. The summed E-state index contributed by atoms with van der Waals surface area (Å²) in [6.07, 6.45) is 1.13. The maximum atomic E-state index is 13.5. The van der Waals surface area contributed by atoms with Gasteiger partial charge in [-0.25, -0.2) is 8.42 Å². The van der Waals surface area contributed by atoms with Gasteiger partial charge in [-0.15, -0.1) is 0 Å². The Morgan fingerprint density at radius 2 is 1.17 bits per heavy atom. The highest BCUT2D eigenvalue weighted by Crippen LogP contribution is 2.22. The predicted octanol–water partition coefficient (Wildman–Crippen LogP) is 4.07. The van der Waals surface area contributed by atoms with Crippen LogP contribution >= 0.6 is 0 Å². The molecule has 0 saturated heterocycles. The molecule has 0 spiro atoms. The molecule has 30 heavy (non-hydrogen) atoms. The van der Waals surface area contributed by atoms with E-state index in [1.807, 2.05) is 66.7 Å². The van der Waals surface area contributed by atoms with Crippen LogP contribution in [0.2, 0.25) is 0 Å². The first-order valence-electron chi connectivity index (χ1n) is 9.77. The fourth-order valence-electron chi connectivity index (χ4n) is 3.46. The van der Waals surface area contributed by atoms with Crippen molar-refractivity contribution in [3.63, 3.8) is 0 Å². The van der Waals surface area contributed by atoms with Gasteiger partial charge in [-0.05, 0) is 30.2 Å². The third-order valence-electron chi connectivity index (χ3n) is 4.82. The van der Waals surface area contributed by atoms with Crippen LogP contribution in [0.3, 0.4) is 0 Å². The van der Waals surface area contributed by atoms with Crippen LogP contribution in [0.4, 0.5) is 5.69 Å². The summed E-state index contributed by atoms with van der Waals surface area (Å²) in [7, 11) is -3.66. The molecule has 3 aromatic carbocycles. The van der Waals surface area contributed by atoms with Crippen molar-refractivity contribution in [3.05, 3.63) is 102 Å². The summed E-state index contributed by atoms with van der Waals surface area (Å²) in [6.45, 7) is 2.43. The number of carbonyl (C=O) groups excluding carboxylic acids is 1. The van der Waals surface area contributed by atoms with Crippen molar-refractivity contribution in [3.8, 4) is 0 Å². The summed E-state index contributed by atoms with van der Waals surface area (Å²) in [6, 6.07) is 27.3. The van der Waals surface area contributed by atoms with Gasteiger partial charge >= 0.3 is 0 Å². The molecule has 0 N–H and O–H groups in total. The smallest absolute Gasteiger partial charge is 0.246 e. The van der Waals surface area contributed by atoms with Crippen LogP contribution in [0.5, 0.6) is 0 Å². The largest absolute Gasteiger partial charge is 0.332 e. The normalized spacial score (nSPS) is 12.2. The number of sulfonamides is 1. The third kappa shape index (κ3) is 5.48. The summed E-state index contributed by atoms with van der Waals surface area (Å²) < 4.78 is 26.3. The van der Waals surface area contributed by atoms with Crippen LogP contribution in [0.1, 0.15) is 18.1 Å². The van der Waals surface area contributed by atoms with Crippen molar-refractivity contribution >= 4 is 21.6 Å². The summed E-state index contributed by atoms with van der Waals surface area (Å²) >= 11 is 0. The molecule has 3 aromatic rings. The molecular weight excluding hydrogens is 396 g/mol. The van der Waals surface area contributed by atoms with E-state index in [0.717, 1.165) is 17.4 Å². The van der Waals surface area contributed by atoms with Crippen molar-refractivity contribution in [2.24, 2.45) is 0 Å². The summed E-state index contributed by atoms with van der Waals surface area (Å²) in [5.41, 5.74) is 2.44. The lowest BCUT2D eigenvalue weighted by Crippen LogP contribution is -2.49. The molecule has 1 atom stereocenters. The number of hydrogen-bond acceptors (Lipinski definition) is 3. The Kier molecular flexibility index (Phi) is 6.90. The number of anilines is 1. The molecule has 0 aliphatic rings. The van der Waals surface area contributed by atoms with E-state index in [4.69, 9.17) is 0 Å². The molecule has 0 saturated carbocycles. The Balaban J connectivity index is 1.93. The minimum Gasteiger partial charge on any atom is -0.332 e. The maximum Gasteiger partial charge on any atom is 0.246 e. The zero-order valence-electron chi connectivity index (χ0n) is 17.2. The molecule has 0 fully saturated rings. The molecule has 0 aliphatic carbocycles. The van der Waals surface area contributed by atoms with E-state index in [-0.39, 0.29) is 5.91 Å². The number of para-hydroxylation sites is 1. The van der Waals surface area contributed by atoms with Crippen LogP contribution in [0.25, 0.3) is 0 Å². The van der Waals surface area contributed by atoms with Gasteiger partial charge in [0, 0.05) is 13.1 Å². The maximum absolute atomic E-state index is 13.5. The van der Waals surface area contributed by atoms with Gasteiger partial charge in [0.25, 0.3) is 0 Å². The van der Waals surface area contributed by atoms with Crippen LogP contribution < -0.4 is 4.31 Å². The Morgan fingerprint density at radius 1 is 0.767 bits per heavy atom. The van der Waals surface area contributed by atoms with Crippen molar-refractivity contribution < 1.29 is 13.2 Å². The van der Waals surface area contributed by atoms with Crippen LogP contribution in [-0.4, -0.2) is 31.5 Å². The number of nitrogens with zero attached hydrogens (tertiary/aromatic N) is 2. The van der Waals surface area contributed by atoms with Gasteiger partial charge in [-0.2, -0.15) is 0 Å². The Labute approximate surface area is 178 Å². The van der Waals surface area contributed by atoms with Gasteiger partial charge in [0.1, 0.15) is 6.04 Å². The zero-order valence-corrected chi connectivity index (χ0v) is 18.0. The fraction of sp³-hybridized carbons (Fsp3) is 0.208. The molecular formula is C24H26N2O3S. The molecule has 0 radical (unpaired) electrons. The minimum absolute atomic E-state index is 0.253. The third-order valence-corrected chi connectivity index (χ3v) is 6.06. The van der Waals surface area contributed by atoms with Crippen molar-refractivity contribution in [2.75, 3.05) is 10.6 Å². The van der Waals surface area contributed by atoms with Gasteiger partial charge in [-0.3, -0.25) is 9.10 Å². The standard InChI is InChI=1S/C24H26N2O3S/c1-20(26(30(2,28)29)23-16-10-5-11-17-23)24(27)25(18-21-12-6-3-7-13-21)19-22-14-8-4-9-15-22/h3-17,20H,18-19H2,1-2H3/t20-/m1/s1. The first-order chi connectivity index (χ1) is 14.4. The number of rotatable bonds is 8. The van der Waals surface area contributed by atoms with Gasteiger partial charge in [0.2, 0.25) is 15.9 Å². The lowest BCUT2D eigenvalue weighted by Gasteiger charge is -2.33. The Hall–Kier alpha value is -3.12. The number of amides is 1. The van der Waals surface area contributed by atoms with E-state index in [0.29, 0.717) is 18.8 Å². The van der Waals surface area contributed by atoms with Gasteiger partial charge < -0.3 is 4.90 Å². The van der Waals surface area contributed by atoms with Crippen molar-refractivity contribution in [1.82, 2.24) is 4.90 Å². The molecule has 0 aliphatic heterocycles. The summed E-state index contributed by atoms with van der Waals surface area (Å²) in [4.78, 5) is 15.2. The molecule has 5 nitrogen and oxygen atoms in total. The average molecular weight is 423 g/mol. The second-order valence-corrected chi connectivity index (χ2v) is 9.10. The molecule has 1 amide bonds. The van der Waals surface area contributed by atoms with Gasteiger partial charge in [0.05, 0.1) is 11.9 Å². The van der Waals surface area contributed by atoms with Gasteiger partial charge in [-0.1, -0.05) is 78.9 Å². The van der Waals surface area contributed by atoms with Crippen molar-refractivity contribution in [1.29, 1.82) is 0 Å². The van der Waals surface area contributed by atoms with Crippen molar-refractivity contribution in [2.45, 2.75) is 26.1 Å². The van der Waals surface area contributed by atoms with Crippen LogP contribution in [0, 0.1) is 0 Å². The molecule has 3 rings (SSSR count). The van der Waals surface area contributed by atoms with E-state index >= 15 is 0 Å². The first-order valence-corrected chi connectivity index (χ1v) is 11.6. The van der Waals surface area contributed by atoms with E-state index in [1.165, 1.54) is 4.31 Å². The second-order valence-electron chi connectivity index (χ2n) is 7.24. The highest BCUT2D eigenvalue weighted by atomic mass is 32.2. The van der Waals surface area contributed by atoms with E-state index in [9.17, 15) is 13.2 Å². The molecule has 0 heterocycles. The molecule has 0 unspecified atom stereocenters. The topological polar surface area (TPSA) is 57.7 Å². The number of hydrogen-bond donors (Lipinski definition) is 0. The quantitative estimate of drug-likeness (QED) is 0.550. The Morgan fingerprint density at radius 3 is 1.57 bits per heavy atom. The molecule has 6 heteroatoms. The number of carbonyl (C=O) groups is 1. The predicted molar refractivity (Wildman–Crippen MR) is 120 cm³/mol. The lowest BCUT2D eigenvalue weighted by atomic mass is 10.1. The van der Waals surface area contributed by atoms with E-state index < -0.39 is 16.1 Å². The van der Waals surface area contributed by atoms with Crippen LogP contribution in [-0.2, 0) is 27.9 Å². The second kappa shape index (κ2) is 9.59. The molecule has 0 aromatic heterocycles. The lowest BCUT2D eigenvalue weighted by molar-refractivity contribution is -0.133. The first kappa shape index (κ1) is 21.6. The van der Waals surface area contributed by atoms with E-state index in [2.05, 4.69) is 0 Å². The molecule has 0 bridgehead atoms. The highest BCUT2D eigenvalue weighted by molar-refractivity contribution is 7.92. The highest BCUT2D eigenvalue weighted by Gasteiger charge is 2.32. The molecule has 156 valence electrons. The van der Waals surface area contributed by atoms with Gasteiger partial charge in [0.15, 0.2) is 0 Å². The van der Waals surface area contributed by atoms with Crippen LogP contribution in [0.15, 0.2) is 91.0 Å². The minimum atomic E-state index is -3.66. The SMILES string of the molecule is C[C@H](C(=O)N(Cc1ccccc1)Cc1ccccc1)N(c1ccccc1)S(C)(=O)=O. The fourth-order valence-corrected chi connectivity index (χ4v) is 4.63. The summed E-state index contributed by atoms with van der Waals surface area (Å²) in [5.74, 6) is -0.253. The summed E-state index contributed by atoms with van der Waals surface area (Å²) in [5, 5.41) is 0. The number of benzene rings is 3. The average Bonchev–Trinajstić information content (AvgIpc) is 2.74. The van der Waals surface area contributed by atoms with E-state index in [1.54, 1.807) is 36.1 Å². The zero-order chi connectivity index (χ0) is 21.6. The Bertz CT molecular complexity index is 1010.